The van der Waals surface area contributed by atoms with E-state index in [9.17, 15) is 9.59 Å². The van der Waals surface area contributed by atoms with Gasteiger partial charge in [0, 0.05) is 0 Å². The van der Waals surface area contributed by atoms with E-state index in [1.165, 1.54) is 6.21 Å². The second kappa shape index (κ2) is 6.02. The van der Waals surface area contributed by atoms with Crippen LogP contribution in [0.2, 0.25) is 0 Å². The number of hydrazone groups is 1. The van der Waals surface area contributed by atoms with Gasteiger partial charge < -0.3 is 9.47 Å². The van der Waals surface area contributed by atoms with Gasteiger partial charge in [0.25, 0.3) is 11.8 Å². The number of allylic oxidation sites excluding steroid dienone is 2. The Morgan fingerprint density at radius 2 is 1.84 bits per heavy atom. The number of carbonyl (C=O) groups excluding carboxylic acids is 2. The first-order chi connectivity index (χ1) is 12.1. The minimum Gasteiger partial charge on any atom is -0.493 e. The fraction of sp³-hybridized carbons (Fsp3) is 0.421. The Hall–Kier alpha value is -2.63. The van der Waals surface area contributed by atoms with Crippen molar-refractivity contribution in [2.24, 2.45) is 28.8 Å². The smallest absolute Gasteiger partial charge is 0.254 e. The lowest BCUT2D eigenvalue weighted by Gasteiger charge is -2.13. The van der Waals surface area contributed by atoms with Crippen LogP contribution in [0.4, 0.5) is 0 Å². The van der Waals surface area contributed by atoms with Crippen molar-refractivity contribution in [1.82, 2.24) is 5.01 Å². The maximum Gasteiger partial charge on any atom is 0.254 e. The molecule has 2 bridgehead atoms. The molecule has 1 saturated heterocycles. The van der Waals surface area contributed by atoms with Crippen molar-refractivity contribution in [3.8, 4) is 11.5 Å². The summed E-state index contributed by atoms with van der Waals surface area (Å²) in [6.07, 6.45) is 6.58. The number of rotatable bonds is 5. The average Bonchev–Trinajstić information content (AvgIpc) is 3.29. The van der Waals surface area contributed by atoms with E-state index in [0.29, 0.717) is 18.1 Å². The number of fused-ring (bicyclic) bond motifs is 5. The third-order valence-corrected chi connectivity index (χ3v) is 5.26. The van der Waals surface area contributed by atoms with Gasteiger partial charge >= 0.3 is 0 Å². The molecule has 4 atom stereocenters. The lowest BCUT2D eigenvalue weighted by molar-refractivity contribution is -0.140. The number of benzene rings is 1. The third-order valence-electron chi connectivity index (χ3n) is 5.26. The van der Waals surface area contributed by atoms with Crippen LogP contribution in [0.3, 0.4) is 0 Å². The summed E-state index contributed by atoms with van der Waals surface area (Å²) < 4.78 is 10.8. The molecule has 6 heteroatoms. The number of methoxy groups -OCH3 is 1. The first-order valence-corrected chi connectivity index (χ1v) is 8.55. The topological polar surface area (TPSA) is 68.2 Å². The predicted molar refractivity (Wildman–Crippen MR) is 91.3 cm³/mol. The van der Waals surface area contributed by atoms with E-state index >= 15 is 0 Å². The Morgan fingerprint density at radius 1 is 1.16 bits per heavy atom. The summed E-state index contributed by atoms with van der Waals surface area (Å²) in [4.78, 5) is 25.2. The second-order valence-electron chi connectivity index (χ2n) is 6.58. The number of amides is 2. The molecule has 1 heterocycles. The molecule has 0 unspecified atom stereocenters. The molecule has 3 aliphatic rings. The highest BCUT2D eigenvalue weighted by Crippen LogP contribution is 2.52. The highest BCUT2D eigenvalue weighted by molar-refractivity contribution is 6.06. The molecule has 1 aromatic carbocycles. The van der Waals surface area contributed by atoms with Gasteiger partial charge in [-0.1, -0.05) is 12.2 Å². The molecule has 0 radical (unpaired) electrons. The molecule has 1 aliphatic heterocycles. The van der Waals surface area contributed by atoms with Crippen LogP contribution in [0.25, 0.3) is 0 Å². The number of imide groups is 1. The van der Waals surface area contributed by atoms with Gasteiger partial charge in [-0.3, -0.25) is 9.59 Å². The summed E-state index contributed by atoms with van der Waals surface area (Å²) >= 11 is 0. The lowest BCUT2D eigenvalue weighted by atomic mass is 9.85. The van der Waals surface area contributed by atoms with Crippen LogP contribution < -0.4 is 9.47 Å². The van der Waals surface area contributed by atoms with Crippen molar-refractivity contribution in [3.05, 3.63) is 35.9 Å². The number of carbonyl (C=O) groups is 2. The molecule has 6 nitrogen and oxygen atoms in total. The molecule has 2 aliphatic carbocycles. The summed E-state index contributed by atoms with van der Waals surface area (Å²) in [6.45, 7) is 2.40. The number of hydrogen-bond donors (Lipinski definition) is 0. The van der Waals surface area contributed by atoms with Crippen molar-refractivity contribution in [1.29, 1.82) is 0 Å². The van der Waals surface area contributed by atoms with E-state index in [2.05, 4.69) is 17.3 Å². The lowest BCUT2D eigenvalue weighted by Crippen LogP contribution is -2.28. The van der Waals surface area contributed by atoms with Gasteiger partial charge in [0.2, 0.25) is 0 Å². The van der Waals surface area contributed by atoms with E-state index in [0.717, 1.165) is 17.0 Å². The van der Waals surface area contributed by atoms with Crippen LogP contribution in [0.1, 0.15) is 18.9 Å². The summed E-state index contributed by atoms with van der Waals surface area (Å²) in [5.74, 6) is 0.804. The highest BCUT2D eigenvalue weighted by atomic mass is 16.5. The van der Waals surface area contributed by atoms with Crippen molar-refractivity contribution < 1.29 is 19.1 Å². The minimum atomic E-state index is -0.227. The number of nitrogens with zero attached hydrogens (tertiary/aromatic N) is 2. The Kier molecular flexibility index (Phi) is 3.82. The fourth-order valence-corrected chi connectivity index (χ4v) is 4.17. The number of ether oxygens (including phenoxy) is 2. The first kappa shape index (κ1) is 15.9. The summed E-state index contributed by atoms with van der Waals surface area (Å²) in [6, 6.07) is 5.36. The molecule has 0 N–H and O–H groups in total. The molecule has 1 aromatic rings. The Labute approximate surface area is 146 Å². The Balaban J connectivity index is 1.56. The zero-order chi connectivity index (χ0) is 17.6. The zero-order valence-electron chi connectivity index (χ0n) is 14.2. The molecule has 4 rings (SSSR count). The van der Waals surface area contributed by atoms with Crippen molar-refractivity contribution in [2.45, 2.75) is 13.3 Å². The van der Waals surface area contributed by atoms with Crippen LogP contribution in [0, 0.1) is 23.7 Å². The molecule has 2 fully saturated rings. The highest BCUT2D eigenvalue weighted by Gasteiger charge is 2.59. The fourth-order valence-electron chi connectivity index (χ4n) is 4.17. The van der Waals surface area contributed by atoms with Gasteiger partial charge in [-0.2, -0.15) is 10.1 Å². The van der Waals surface area contributed by atoms with E-state index < -0.39 is 0 Å². The molecule has 0 aromatic heterocycles. The quantitative estimate of drug-likeness (QED) is 0.468. The molecule has 1 saturated carbocycles. The van der Waals surface area contributed by atoms with Gasteiger partial charge in [0.15, 0.2) is 11.5 Å². The van der Waals surface area contributed by atoms with Crippen LogP contribution in [-0.4, -0.2) is 36.8 Å². The van der Waals surface area contributed by atoms with E-state index in [1.807, 2.05) is 13.0 Å². The maximum absolute atomic E-state index is 12.6. The van der Waals surface area contributed by atoms with Gasteiger partial charge in [-0.15, -0.1) is 0 Å². The Morgan fingerprint density at radius 3 is 2.44 bits per heavy atom. The average molecular weight is 340 g/mol. The molecule has 2 amide bonds. The molecular weight excluding hydrogens is 320 g/mol. The van der Waals surface area contributed by atoms with Gasteiger partial charge in [0.05, 0.1) is 31.8 Å². The van der Waals surface area contributed by atoms with E-state index in [1.54, 1.807) is 19.2 Å². The standard InChI is InChI=1S/C19H20N2O4/c1-3-25-15-8-11(4-7-14(15)24-2)10-20-21-18(22)16-12-5-6-13(9-12)17(16)19(21)23/h4-8,10,12-13,16-17H,3,9H2,1-2H3/b20-10-/t12-,13-,16-,17-/m0/s1. The van der Waals surface area contributed by atoms with Crippen molar-refractivity contribution in [3.63, 3.8) is 0 Å². The van der Waals surface area contributed by atoms with E-state index in [-0.39, 0.29) is 35.5 Å². The maximum atomic E-state index is 12.6. The number of hydrogen-bond acceptors (Lipinski definition) is 5. The van der Waals surface area contributed by atoms with E-state index in [4.69, 9.17) is 9.47 Å². The van der Waals surface area contributed by atoms with Gasteiger partial charge in [-0.25, -0.2) is 0 Å². The predicted octanol–water partition coefficient (Wildman–Crippen LogP) is 2.23. The summed E-state index contributed by atoms with van der Waals surface area (Å²) in [7, 11) is 1.58. The third kappa shape index (κ3) is 2.44. The minimum absolute atomic E-state index is 0.179. The second-order valence-corrected chi connectivity index (χ2v) is 6.58. The van der Waals surface area contributed by atoms with Crippen molar-refractivity contribution >= 4 is 18.0 Å². The van der Waals surface area contributed by atoms with Gasteiger partial charge in [-0.05, 0) is 48.9 Å². The summed E-state index contributed by atoms with van der Waals surface area (Å²) in [5, 5.41) is 5.22. The zero-order valence-corrected chi connectivity index (χ0v) is 14.2. The molecule has 0 spiro atoms. The first-order valence-electron chi connectivity index (χ1n) is 8.55. The largest absolute Gasteiger partial charge is 0.493 e. The van der Waals surface area contributed by atoms with Crippen molar-refractivity contribution in [2.75, 3.05) is 13.7 Å². The van der Waals surface area contributed by atoms with Gasteiger partial charge in [0.1, 0.15) is 0 Å². The van der Waals surface area contributed by atoms with Crippen LogP contribution in [-0.2, 0) is 9.59 Å². The Bertz CT molecular complexity index is 756. The molecule has 25 heavy (non-hydrogen) atoms. The molecular formula is C19H20N2O4. The monoisotopic (exact) mass is 340 g/mol. The SMILES string of the molecule is CCOc1cc(/C=N\N2C(=O)[C@@H]3[C@@H](C2=O)[C@H]2C=C[C@H]3C2)ccc1OC. The van der Waals surface area contributed by atoms with Crippen LogP contribution >= 0.6 is 0 Å². The normalized spacial score (nSPS) is 29.8. The summed E-state index contributed by atoms with van der Waals surface area (Å²) in [5.41, 5.74) is 0.739. The van der Waals surface area contributed by atoms with Crippen LogP contribution in [0.5, 0.6) is 11.5 Å². The van der Waals surface area contributed by atoms with Crippen LogP contribution in [0.15, 0.2) is 35.5 Å². The molecule has 130 valence electrons.